The highest BCUT2D eigenvalue weighted by atomic mass is 16.5. The minimum atomic E-state index is -0.370. The minimum Gasteiger partial charge on any atom is -0.469 e. The molecule has 140 valence electrons. The molecule has 0 spiro atoms. The van der Waals surface area contributed by atoms with E-state index in [4.69, 9.17) is 9.15 Å². The third-order valence-corrected chi connectivity index (χ3v) is 3.62. The van der Waals surface area contributed by atoms with Gasteiger partial charge in [0.1, 0.15) is 11.5 Å². The first-order chi connectivity index (χ1) is 13.0. The number of anilines is 2. The Morgan fingerprint density at radius 1 is 1.22 bits per heavy atom. The van der Waals surface area contributed by atoms with Crippen molar-refractivity contribution >= 4 is 17.6 Å². The fraction of sp³-hybridized carbons (Fsp3) is 0.263. The molecule has 3 rings (SSSR count). The summed E-state index contributed by atoms with van der Waals surface area (Å²) in [5.41, 5.74) is 1.02. The van der Waals surface area contributed by atoms with Gasteiger partial charge in [0.25, 0.3) is 5.56 Å². The number of H-pyrrole nitrogens is 1. The van der Waals surface area contributed by atoms with Gasteiger partial charge in [-0.3, -0.25) is 9.78 Å². The van der Waals surface area contributed by atoms with Gasteiger partial charge < -0.3 is 14.5 Å². The lowest BCUT2D eigenvalue weighted by Crippen LogP contribution is -2.18. The summed E-state index contributed by atoms with van der Waals surface area (Å²) in [5.74, 6) is 0.751. The van der Waals surface area contributed by atoms with Gasteiger partial charge >= 0.3 is 5.97 Å². The lowest BCUT2D eigenvalue weighted by atomic mass is 10.2. The first kappa shape index (κ1) is 18.4. The van der Waals surface area contributed by atoms with Crippen LogP contribution in [0.5, 0.6) is 0 Å². The van der Waals surface area contributed by atoms with E-state index in [1.165, 1.54) is 6.26 Å². The molecule has 0 atom stereocenters. The normalized spacial score (nSPS) is 10.8. The number of ether oxygens (including phenoxy) is 1. The fourth-order valence-electron chi connectivity index (χ4n) is 2.26. The Hall–Kier alpha value is -3.42. The molecule has 0 aliphatic rings. The van der Waals surface area contributed by atoms with E-state index in [-0.39, 0.29) is 35.5 Å². The molecule has 0 amide bonds. The second kappa shape index (κ2) is 8.31. The topological polar surface area (TPSA) is 110 Å². The molecule has 27 heavy (non-hydrogen) atoms. The summed E-state index contributed by atoms with van der Waals surface area (Å²) < 4.78 is 10.4. The Labute approximate surface area is 155 Å². The number of aromatic amines is 1. The third-order valence-electron chi connectivity index (χ3n) is 3.62. The van der Waals surface area contributed by atoms with Crippen LogP contribution in [0, 0.1) is 5.92 Å². The van der Waals surface area contributed by atoms with Crippen molar-refractivity contribution in [2.24, 2.45) is 5.92 Å². The molecule has 0 aliphatic carbocycles. The molecule has 0 fully saturated rings. The number of hydrogen-bond acceptors (Lipinski definition) is 7. The quantitative estimate of drug-likeness (QED) is 0.617. The largest absolute Gasteiger partial charge is 0.469 e. The van der Waals surface area contributed by atoms with Crippen LogP contribution in [0.4, 0.5) is 11.6 Å². The third kappa shape index (κ3) is 5.04. The lowest BCUT2D eigenvalue weighted by Gasteiger charge is -2.08. The van der Waals surface area contributed by atoms with Gasteiger partial charge in [0.05, 0.1) is 24.9 Å². The van der Waals surface area contributed by atoms with Crippen LogP contribution in [0.25, 0.3) is 0 Å². The maximum Gasteiger partial charge on any atom is 0.338 e. The monoisotopic (exact) mass is 368 g/mol. The van der Waals surface area contributed by atoms with E-state index < -0.39 is 0 Å². The van der Waals surface area contributed by atoms with E-state index in [9.17, 15) is 9.59 Å². The van der Waals surface area contributed by atoms with Crippen molar-refractivity contribution < 1.29 is 13.9 Å². The number of furan rings is 1. The number of benzene rings is 1. The van der Waals surface area contributed by atoms with E-state index in [1.807, 2.05) is 13.8 Å². The van der Waals surface area contributed by atoms with Gasteiger partial charge in [-0.15, -0.1) is 10.2 Å². The Kier molecular flexibility index (Phi) is 5.65. The van der Waals surface area contributed by atoms with Crippen LogP contribution in [0.2, 0.25) is 0 Å². The number of hydrogen-bond donors (Lipinski definition) is 2. The van der Waals surface area contributed by atoms with Crippen molar-refractivity contribution in [3.05, 3.63) is 70.0 Å². The molecular weight excluding hydrogens is 348 g/mol. The van der Waals surface area contributed by atoms with Crippen LogP contribution in [-0.2, 0) is 11.2 Å². The molecular formula is C19H20N4O4. The van der Waals surface area contributed by atoms with Crippen LogP contribution in [0.15, 0.2) is 51.9 Å². The summed E-state index contributed by atoms with van der Waals surface area (Å²) in [6.07, 6.45) is 1.80. The molecule has 0 radical (unpaired) electrons. The number of nitrogens with one attached hydrogen (secondary N) is 2. The summed E-state index contributed by atoms with van der Waals surface area (Å²) >= 11 is 0. The van der Waals surface area contributed by atoms with Crippen LogP contribution in [-0.4, -0.2) is 27.8 Å². The van der Waals surface area contributed by atoms with Gasteiger partial charge in [-0.2, -0.15) is 0 Å². The van der Waals surface area contributed by atoms with Crippen LogP contribution in [0.3, 0.4) is 0 Å². The minimum absolute atomic E-state index is 0.207. The zero-order valence-electron chi connectivity index (χ0n) is 15.1. The average molecular weight is 368 g/mol. The number of aromatic nitrogens is 3. The second-order valence-electron chi connectivity index (χ2n) is 6.40. The standard InChI is InChI=1S/C19H20N4O4/c1-12(2)11-27-18(25)13-5-7-14(8-6-13)20-19-21-17(24)16(22-23-19)10-15-4-3-9-26-15/h3-9,12H,10-11H2,1-2H3,(H2,20,21,23,24). The number of esters is 1. The van der Waals surface area contributed by atoms with E-state index >= 15 is 0 Å². The van der Waals surface area contributed by atoms with Gasteiger partial charge in [-0.1, -0.05) is 13.8 Å². The van der Waals surface area contributed by atoms with Crippen molar-refractivity contribution in [3.8, 4) is 0 Å². The second-order valence-corrected chi connectivity index (χ2v) is 6.40. The SMILES string of the molecule is CC(C)COC(=O)c1ccc(Nc2nnc(Cc3ccco3)c(=O)[nH]2)cc1. The van der Waals surface area contributed by atoms with Crippen molar-refractivity contribution in [2.45, 2.75) is 20.3 Å². The number of rotatable bonds is 7. The average Bonchev–Trinajstić information content (AvgIpc) is 3.16. The Balaban J connectivity index is 1.64. The van der Waals surface area contributed by atoms with Gasteiger partial charge in [0.15, 0.2) is 0 Å². The molecule has 0 bridgehead atoms. The fourth-order valence-corrected chi connectivity index (χ4v) is 2.26. The zero-order valence-corrected chi connectivity index (χ0v) is 15.1. The Morgan fingerprint density at radius 2 is 2.00 bits per heavy atom. The molecule has 0 unspecified atom stereocenters. The van der Waals surface area contributed by atoms with E-state index in [0.717, 1.165) is 0 Å². The van der Waals surface area contributed by atoms with Gasteiger partial charge in [-0.25, -0.2) is 4.79 Å². The van der Waals surface area contributed by atoms with Gasteiger partial charge in [-0.05, 0) is 42.3 Å². The smallest absolute Gasteiger partial charge is 0.338 e. The number of nitrogens with zero attached hydrogens (tertiary/aromatic N) is 2. The molecule has 0 aliphatic heterocycles. The van der Waals surface area contributed by atoms with Gasteiger partial charge in [0, 0.05) is 5.69 Å². The predicted octanol–water partition coefficient (Wildman–Crippen LogP) is 2.91. The van der Waals surface area contributed by atoms with Crippen molar-refractivity contribution in [2.75, 3.05) is 11.9 Å². The van der Waals surface area contributed by atoms with Crippen molar-refractivity contribution in [1.82, 2.24) is 15.2 Å². The summed E-state index contributed by atoms with van der Waals surface area (Å²) in [6, 6.07) is 10.2. The molecule has 2 heterocycles. The molecule has 8 heteroatoms. The zero-order chi connectivity index (χ0) is 19.2. The number of carbonyl (C=O) groups is 1. The highest BCUT2D eigenvalue weighted by molar-refractivity contribution is 5.89. The summed E-state index contributed by atoms with van der Waals surface area (Å²) in [4.78, 5) is 26.7. The van der Waals surface area contributed by atoms with Gasteiger partial charge in [0.2, 0.25) is 5.95 Å². The van der Waals surface area contributed by atoms with Crippen molar-refractivity contribution in [1.29, 1.82) is 0 Å². The van der Waals surface area contributed by atoms with Crippen molar-refractivity contribution in [3.63, 3.8) is 0 Å². The molecule has 2 N–H and O–H groups in total. The summed E-state index contributed by atoms with van der Waals surface area (Å²) in [6.45, 7) is 4.32. The van der Waals surface area contributed by atoms with E-state index in [2.05, 4.69) is 20.5 Å². The van der Waals surface area contributed by atoms with Crippen LogP contribution < -0.4 is 10.9 Å². The highest BCUT2D eigenvalue weighted by Crippen LogP contribution is 2.14. The molecule has 8 nitrogen and oxygen atoms in total. The maximum absolute atomic E-state index is 12.1. The van der Waals surface area contributed by atoms with Crippen LogP contribution in [0.1, 0.15) is 35.7 Å². The molecule has 3 aromatic rings. The molecule has 0 saturated heterocycles. The molecule has 2 aromatic heterocycles. The predicted molar refractivity (Wildman–Crippen MR) is 99.0 cm³/mol. The molecule has 1 aromatic carbocycles. The Morgan fingerprint density at radius 3 is 2.63 bits per heavy atom. The number of carbonyl (C=O) groups excluding carboxylic acids is 1. The molecule has 0 saturated carbocycles. The van der Waals surface area contributed by atoms with E-state index in [0.29, 0.717) is 23.6 Å². The first-order valence-corrected chi connectivity index (χ1v) is 8.53. The first-order valence-electron chi connectivity index (χ1n) is 8.53. The lowest BCUT2D eigenvalue weighted by molar-refractivity contribution is 0.0459. The van der Waals surface area contributed by atoms with Crippen LogP contribution >= 0.6 is 0 Å². The maximum atomic E-state index is 12.1. The van der Waals surface area contributed by atoms with E-state index in [1.54, 1.807) is 36.4 Å². The highest BCUT2D eigenvalue weighted by Gasteiger charge is 2.10. The summed E-state index contributed by atoms with van der Waals surface area (Å²) in [7, 11) is 0. The Bertz CT molecular complexity index is 947. The summed E-state index contributed by atoms with van der Waals surface area (Å²) in [5, 5.41) is 10.9.